The van der Waals surface area contributed by atoms with Gasteiger partial charge in [-0.1, -0.05) is 12.1 Å². The van der Waals surface area contributed by atoms with E-state index in [1.807, 2.05) is 6.07 Å². The Kier molecular flexibility index (Phi) is 4.75. The number of halogens is 3. The van der Waals surface area contributed by atoms with Crippen molar-refractivity contribution in [2.45, 2.75) is 19.6 Å². The monoisotopic (exact) mass is 360 g/mol. The van der Waals surface area contributed by atoms with Gasteiger partial charge in [-0.15, -0.1) is 0 Å². The molecular formula is C18H15F3N4O. The Balaban J connectivity index is 1.79. The summed E-state index contributed by atoms with van der Waals surface area (Å²) in [5.41, 5.74) is 0.882. The van der Waals surface area contributed by atoms with Crippen LogP contribution in [0.4, 0.5) is 18.9 Å². The third-order valence-corrected chi connectivity index (χ3v) is 3.66. The average molecular weight is 360 g/mol. The number of nitrogens with zero attached hydrogens (tertiary/aromatic N) is 3. The summed E-state index contributed by atoms with van der Waals surface area (Å²) < 4.78 is 40.4. The summed E-state index contributed by atoms with van der Waals surface area (Å²) in [5, 5.41) is 6.52. The molecule has 1 heterocycles. The van der Waals surface area contributed by atoms with Crippen LogP contribution in [0, 0.1) is 6.92 Å². The number of amides is 1. The Bertz CT molecular complexity index is 920. The number of alkyl halides is 3. The molecule has 0 aliphatic rings. The molecule has 5 nitrogen and oxygen atoms in total. The zero-order chi connectivity index (χ0) is 18.7. The van der Waals surface area contributed by atoms with Crippen molar-refractivity contribution in [3.63, 3.8) is 0 Å². The Labute approximate surface area is 147 Å². The highest BCUT2D eigenvalue weighted by molar-refractivity contribution is 6.04. The zero-order valence-corrected chi connectivity index (χ0v) is 13.8. The highest BCUT2D eigenvalue weighted by atomic mass is 19.4. The molecule has 0 spiro atoms. The van der Waals surface area contributed by atoms with Crippen LogP contribution in [0.3, 0.4) is 0 Å². The number of carbonyl (C=O) groups excluding carboxylic acids is 1. The second-order valence-corrected chi connectivity index (χ2v) is 5.83. The summed E-state index contributed by atoms with van der Waals surface area (Å²) in [6, 6.07) is 10.2. The number of aromatic nitrogens is 3. The molecule has 0 aliphatic carbocycles. The van der Waals surface area contributed by atoms with Crippen molar-refractivity contribution in [2.75, 3.05) is 5.32 Å². The molecule has 1 aromatic heterocycles. The molecule has 0 saturated heterocycles. The van der Waals surface area contributed by atoms with E-state index in [0.29, 0.717) is 17.7 Å². The third-order valence-electron chi connectivity index (χ3n) is 3.66. The standard InChI is InChI=1S/C18H15F3N4O/c1-12-5-15(18(19,20)21)8-16(6-12)24-17(26)14-4-2-3-13(7-14)9-25-11-22-10-23-25/h2-8,10-11H,9H2,1H3,(H,24,26). The number of nitrogens with one attached hydrogen (secondary N) is 1. The quantitative estimate of drug-likeness (QED) is 0.768. The van der Waals surface area contributed by atoms with Crippen LogP contribution in [-0.2, 0) is 12.7 Å². The van der Waals surface area contributed by atoms with E-state index in [1.54, 1.807) is 36.1 Å². The fourth-order valence-electron chi connectivity index (χ4n) is 2.53. The molecule has 0 unspecified atom stereocenters. The first-order valence-electron chi connectivity index (χ1n) is 7.73. The first kappa shape index (κ1) is 17.7. The average Bonchev–Trinajstić information content (AvgIpc) is 3.06. The maximum absolute atomic E-state index is 12.9. The fourth-order valence-corrected chi connectivity index (χ4v) is 2.53. The van der Waals surface area contributed by atoms with Crippen molar-refractivity contribution in [1.29, 1.82) is 0 Å². The van der Waals surface area contributed by atoms with Gasteiger partial charge in [0.15, 0.2) is 0 Å². The van der Waals surface area contributed by atoms with E-state index in [4.69, 9.17) is 0 Å². The molecule has 0 bridgehead atoms. The van der Waals surface area contributed by atoms with Crippen molar-refractivity contribution >= 4 is 11.6 Å². The molecule has 2 aromatic carbocycles. The highest BCUT2D eigenvalue weighted by Crippen LogP contribution is 2.32. The van der Waals surface area contributed by atoms with Crippen molar-refractivity contribution < 1.29 is 18.0 Å². The molecule has 1 N–H and O–H groups in total. The van der Waals surface area contributed by atoms with Gasteiger partial charge in [0.2, 0.25) is 0 Å². The molecule has 0 radical (unpaired) electrons. The predicted molar refractivity (Wildman–Crippen MR) is 89.7 cm³/mol. The van der Waals surface area contributed by atoms with Gasteiger partial charge in [-0.2, -0.15) is 18.3 Å². The van der Waals surface area contributed by atoms with E-state index in [2.05, 4.69) is 15.4 Å². The minimum absolute atomic E-state index is 0.101. The van der Waals surface area contributed by atoms with Gasteiger partial charge in [0, 0.05) is 11.3 Å². The summed E-state index contributed by atoms with van der Waals surface area (Å²) in [4.78, 5) is 16.3. The van der Waals surface area contributed by atoms with Crippen molar-refractivity contribution in [3.8, 4) is 0 Å². The number of aryl methyl sites for hydroxylation is 1. The molecule has 0 fully saturated rings. The number of anilines is 1. The van der Waals surface area contributed by atoms with Crippen LogP contribution < -0.4 is 5.32 Å². The first-order chi connectivity index (χ1) is 12.3. The maximum Gasteiger partial charge on any atom is 0.416 e. The SMILES string of the molecule is Cc1cc(NC(=O)c2cccc(Cn3cncn3)c2)cc(C(F)(F)F)c1. The zero-order valence-electron chi connectivity index (χ0n) is 13.8. The van der Waals surface area contributed by atoms with Crippen LogP contribution in [0.1, 0.15) is 27.0 Å². The van der Waals surface area contributed by atoms with Gasteiger partial charge in [0.05, 0.1) is 12.1 Å². The van der Waals surface area contributed by atoms with Crippen LogP contribution in [-0.4, -0.2) is 20.7 Å². The fraction of sp³-hybridized carbons (Fsp3) is 0.167. The van der Waals surface area contributed by atoms with Crippen molar-refractivity contribution in [2.24, 2.45) is 0 Å². The molecule has 3 rings (SSSR count). The number of rotatable bonds is 4. The van der Waals surface area contributed by atoms with Gasteiger partial charge in [-0.05, 0) is 48.4 Å². The van der Waals surface area contributed by atoms with Gasteiger partial charge >= 0.3 is 6.18 Å². The molecule has 26 heavy (non-hydrogen) atoms. The molecule has 0 atom stereocenters. The second-order valence-electron chi connectivity index (χ2n) is 5.83. The smallest absolute Gasteiger partial charge is 0.322 e. The van der Waals surface area contributed by atoms with Gasteiger partial charge < -0.3 is 5.32 Å². The van der Waals surface area contributed by atoms with Crippen molar-refractivity contribution in [3.05, 3.63) is 77.4 Å². The molecule has 8 heteroatoms. The summed E-state index contributed by atoms with van der Waals surface area (Å²) in [7, 11) is 0. The normalized spacial score (nSPS) is 11.4. The van der Waals surface area contributed by atoms with E-state index < -0.39 is 17.6 Å². The summed E-state index contributed by atoms with van der Waals surface area (Å²) in [5.74, 6) is -0.482. The lowest BCUT2D eigenvalue weighted by Gasteiger charge is -2.12. The minimum atomic E-state index is -4.47. The first-order valence-corrected chi connectivity index (χ1v) is 7.73. The summed E-state index contributed by atoms with van der Waals surface area (Å²) >= 11 is 0. The molecular weight excluding hydrogens is 345 g/mol. The highest BCUT2D eigenvalue weighted by Gasteiger charge is 2.31. The van der Waals surface area contributed by atoms with E-state index in [0.717, 1.165) is 17.7 Å². The Hall–Kier alpha value is -3.16. The summed E-state index contributed by atoms with van der Waals surface area (Å²) in [6.45, 7) is 1.98. The predicted octanol–water partition coefficient (Wildman–Crippen LogP) is 3.91. The van der Waals surface area contributed by atoms with E-state index in [-0.39, 0.29) is 5.69 Å². The van der Waals surface area contributed by atoms with Crippen LogP contribution >= 0.6 is 0 Å². The lowest BCUT2D eigenvalue weighted by atomic mass is 10.1. The third kappa shape index (κ3) is 4.27. The van der Waals surface area contributed by atoms with Gasteiger partial charge in [-0.25, -0.2) is 9.67 Å². The van der Waals surface area contributed by atoms with Crippen LogP contribution in [0.25, 0.3) is 0 Å². The maximum atomic E-state index is 12.9. The van der Waals surface area contributed by atoms with Crippen LogP contribution in [0.15, 0.2) is 55.1 Å². The van der Waals surface area contributed by atoms with Crippen molar-refractivity contribution in [1.82, 2.24) is 14.8 Å². The number of carbonyl (C=O) groups is 1. The Morgan fingerprint density at radius 3 is 2.69 bits per heavy atom. The van der Waals surface area contributed by atoms with Crippen LogP contribution in [0.2, 0.25) is 0 Å². The van der Waals surface area contributed by atoms with Gasteiger partial charge in [0.1, 0.15) is 12.7 Å². The molecule has 1 amide bonds. The Morgan fingerprint density at radius 1 is 1.19 bits per heavy atom. The van der Waals surface area contributed by atoms with Gasteiger partial charge in [0.25, 0.3) is 5.91 Å². The van der Waals surface area contributed by atoms with E-state index >= 15 is 0 Å². The van der Waals surface area contributed by atoms with E-state index in [1.165, 1.54) is 12.4 Å². The molecule has 134 valence electrons. The van der Waals surface area contributed by atoms with Gasteiger partial charge in [-0.3, -0.25) is 4.79 Å². The largest absolute Gasteiger partial charge is 0.416 e. The molecule has 3 aromatic rings. The Morgan fingerprint density at radius 2 is 2.00 bits per heavy atom. The lowest BCUT2D eigenvalue weighted by Crippen LogP contribution is -2.14. The molecule has 0 saturated carbocycles. The van der Waals surface area contributed by atoms with Crippen LogP contribution in [0.5, 0.6) is 0 Å². The van der Waals surface area contributed by atoms with E-state index in [9.17, 15) is 18.0 Å². The minimum Gasteiger partial charge on any atom is -0.322 e. The topological polar surface area (TPSA) is 59.8 Å². The summed E-state index contributed by atoms with van der Waals surface area (Å²) in [6.07, 6.45) is -1.51. The molecule has 0 aliphatic heterocycles. The number of hydrogen-bond donors (Lipinski definition) is 1. The number of hydrogen-bond acceptors (Lipinski definition) is 3. The number of benzene rings is 2. The second kappa shape index (κ2) is 6.99. The lowest BCUT2D eigenvalue weighted by molar-refractivity contribution is -0.137.